The predicted molar refractivity (Wildman–Crippen MR) is 52.4 cm³/mol. The molecule has 0 amide bonds. The van der Waals surface area contributed by atoms with Crippen molar-refractivity contribution in [2.24, 2.45) is 0 Å². The van der Waals surface area contributed by atoms with E-state index in [0.717, 1.165) is 6.08 Å². The zero-order valence-corrected chi connectivity index (χ0v) is 8.69. The zero-order chi connectivity index (χ0) is 11.2. The van der Waals surface area contributed by atoms with Gasteiger partial charge in [-0.15, -0.1) is 0 Å². The second kappa shape index (κ2) is 14.6. The fourth-order valence-electron chi connectivity index (χ4n) is 0.387. The molecule has 0 spiro atoms. The summed E-state index contributed by atoms with van der Waals surface area (Å²) in [6.07, 6.45) is 0.833. The number of methoxy groups -OCH3 is 2. The van der Waals surface area contributed by atoms with Crippen LogP contribution in [0.2, 0.25) is 0 Å². The van der Waals surface area contributed by atoms with Crippen molar-refractivity contribution in [1.29, 1.82) is 0 Å². The van der Waals surface area contributed by atoms with E-state index in [4.69, 9.17) is 19.3 Å². The topological polar surface area (TPSA) is 65.0 Å². The Bertz CT molecular complexity index is 129. The van der Waals surface area contributed by atoms with E-state index in [9.17, 15) is 4.79 Å². The van der Waals surface area contributed by atoms with Crippen LogP contribution in [0, 0.1) is 0 Å². The molecule has 1 N–H and O–H groups in total. The van der Waals surface area contributed by atoms with Gasteiger partial charge in [-0.2, -0.15) is 0 Å². The van der Waals surface area contributed by atoms with E-state index < -0.39 is 5.97 Å². The minimum Gasteiger partial charge on any atom is -0.478 e. The molecule has 0 saturated heterocycles. The maximum absolute atomic E-state index is 9.25. The first kappa shape index (κ1) is 15.6. The maximum atomic E-state index is 9.25. The molecule has 0 atom stereocenters. The summed E-state index contributed by atoms with van der Waals surface area (Å²) >= 11 is 0. The van der Waals surface area contributed by atoms with Crippen molar-refractivity contribution < 1.29 is 24.1 Å². The largest absolute Gasteiger partial charge is 0.478 e. The van der Waals surface area contributed by atoms with Gasteiger partial charge in [-0.3, -0.25) is 0 Å². The number of rotatable bonds is 7. The number of aliphatic carboxylic acids is 1. The highest BCUT2D eigenvalue weighted by Crippen LogP contribution is 1.75. The predicted octanol–water partition coefficient (Wildman–Crippen LogP) is 0.553. The summed E-state index contributed by atoms with van der Waals surface area (Å²) in [5.74, 6) is -0.981. The van der Waals surface area contributed by atoms with Crippen LogP contribution in [0.1, 0.15) is 0 Å². The highest BCUT2D eigenvalue weighted by atomic mass is 16.5. The standard InChI is InChI=1S/C6H14O3.C3H4O2/c1-7-3-5-9-6-4-8-2;1-2-3(4)5/h3-6H2,1-2H3;2H,1H2,(H,4,5). The van der Waals surface area contributed by atoms with Crippen LogP contribution in [-0.2, 0) is 19.0 Å². The summed E-state index contributed by atoms with van der Waals surface area (Å²) in [4.78, 5) is 9.25. The van der Waals surface area contributed by atoms with Crippen LogP contribution in [0.4, 0.5) is 0 Å². The average Bonchev–Trinajstić information content (AvgIpc) is 2.19. The highest BCUT2D eigenvalue weighted by molar-refractivity contribution is 5.78. The lowest BCUT2D eigenvalue weighted by molar-refractivity contribution is -0.131. The van der Waals surface area contributed by atoms with Crippen LogP contribution in [0.5, 0.6) is 0 Å². The van der Waals surface area contributed by atoms with Crippen LogP contribution < -0.4 is 0 Å². The molecule has 0 aromatic heterocycles. The van der Waals surface area contributed by atoms with Gasteiger partial charge < -0.3 is 19.3 Å². The highest BCUT2D eigenvalue weighted by Gasteiger charge is 1.84. The van der Waals surface area contributed by atoms with E-state index in [1.165, 1.54) is 0 Å². The summed E-state index contributed by atoms with van der Waals surface area (Å²) in [6, 6.07) is 0. The van der Waals surface area contributed by atoms with Gasteiger partial charge in [0.05, 0.1) is 26.4 Å². The van der Waals surface area contributed by atoms with Gasteiger partial charge in [-0.1, -0.05) is 6.58 Å². The number of ether oxygens (including phenoxy) is 3. The van der Waals surface area contributed by atoms with Crippen molar-refractivity contribution in [2.75, 3.05) is 40.6 Å². The lowest BCUT2D eigenvalue weighted by Crippen LogP contribution is -2.06. The molecule has 0 unspecified atom stereocenters. The third-order valence-electron chi connectivity index (χ3n) is 1.04. The molecule has 0 aromatic rings. The van der Waals surface area contributed by atoms with Gasteiger partial charge in [0.15, 0.2) is 0 Å². The number of carboxylic acids is 1. The van der Waals surface area contributed by atoms with Gasteiger partial charge >= 0.3 is 5.97 Å². The number of hydrogen-bond donors (Lipinski definition) is 1. The fourth-order valence-corrected chi connectivity index (χ4v) is 0.387. The Balaban J connectivity index is 0. The molecule has 14 heavy (non-hydrogen) atoms. The molecule has 0 aliphatic rings. The molecule has 0 rings (SSSR count). The molecule has 0 aliphatic carbocycles. The Morgan fingerprint density at radius 1 is 1.21 bits per heavy atom. The molecule has 0 saturated carbocycles. The van der Waals surface area contributed by atoms with Crippen molar-refractivity contribution in [1.82, 2.24) is 0 Å². The average molecular weight is 206 g/mol. The van der Waals surface area contributed by atoms with Crippen LogP contribution >= 0.6 is 0 Å². The van der Waals surface area contributed by atoms with Crippen molar-refractivity contribution >= 4 is 5.97 Å². The third-order valence-corrected chi connectivity index (χ3v) is 1.04. The quantitative estimate of drug-likeness (QED) is 0.487. The van der Waals surface area contributed by atoms with Crippen molar-refractivity contribution in [3.63, 3.8) is 0 Å². The van der Waals surface area contributed by atoms with Gasteiger partial charge in [0.1, 0.15) is 0 Å². The summed E-state index contributed by atoms with van der Waals surface area (Å²) in [5, 5.41) is 7.60. The van der Waals surface area contributed by atoms with Gasteiger partial charge in [0, 0.05) is 20.3 Å². The molecular formula is C9H18O5. The first-order valence-corrected chi connectivity index (χ1v) is 4.10. The summed E-state index contributed by atoms with van der Waals surface area (Å²) in [7, 11) is 3.30. The maximum Gasteiger partial charge on any atom is 0.327 e. The summed E-state index contributed by atoms with van der Waals surface area (Å²) < 4.78 is 14.6. The van der Waals surface area contributed by atoms with Gasteiger partial charge in [0.2, 0.25) is 0 Å². The number of carboxylic acid groups (broad SMARTS) is 1. The van der Waals surface area contributed by atoms with Gasteiger partial charge in [-0.05, 0) is 0 Å². The third kappa shape index (κ3) is 22.5. The summed E-state index contributed by atoms with van der Waals surface area (Å²) in [5.41, 5.74) is 0. The first-order valence-electron chi connectivity index (χ1n) is 4.10. The Morgan fingerprint density at radius 2 is 1.57 bits per heavy atom. The minimum atomic E-state index is -0.981. The first-order chi connectivity index (χ1) is 6.68. The smallest absolute Gasteiger partial charge is 0.327 e. The molecule has 0 radical (unpaired) electrons. The van der Waals surface area contributed by atoms with Crippen molar-refractivity contribution in [3.05, 3.63) is 12.7 Å². The van der Waals surface area contributed by atoms with Gasteiger partial charge in [-0.25, -0.2) is 4.79 Å². The lowest BCUT2D eigenvalue weighted by atomic mass is 10.7. The molecule has 0 aliphatic heterocycles. The number of carbonyl (C=O) groups is 1. The molecule has 0 aromatic carbocycles. The van der Waals surface area contributed by atoms with Crippen LogP contribution in [0.25, 0.3) is 0 Å². The summed E-state index contributed by atoms with van der Waals surface area (Å²) in [6.45, 7) is 5.58. The van der Waals surface area contributed by atoms with E-state index in [1.807, 2.05) is 0 Å². The molecule has 0 fully saturated rings. The Labute approximate surface area is 84.3 Å². The van der Waals surface area contributed by atoms with E-state index in [2.05, 4.69) is 6.58 Å². The molecule has 0 bridgehead atoms. The molecule has 84 valence electrons. The van der Waals surface area contributed by atoms with Crippen molar-refractivity contribution in [2.45, 2.75) is 0 Å². The SMILES string of the molecule is C=CC(=O)O.COCCOCCOC. The Morgan fingerprint density at radius 3 is 1.79 bits per heavy atom. The molecule has 0 heterocycles. The number of hydrogen-bond acceptors (Lipinski definition) is 4. The Hall–Kier alpha value is -0.910. The lowest BCUT2D eigenvalue weighted by Gasteiger charge is -2.00. The monoisotopic (exact) mass is 206 g/mol. The van der Waals surface area contributed by atoms with Crippen LogP contribution in [0.3, 0.4) is 0 Å². The molecule has 5 nitrogen and oxygen atoms in total. The Kier molecular flexibility index (Phi) is 16.2. The van der Waals surface area contributed by atoms with E-state index >= 15 is 0 Å². The molecule has 5 heteroatoms. The van der Waals surface area contributed by atoms with Crippen molar-refractivity contribution in [3.8, 4) is 0 Å². The normalized spacial score (nSPS) is 8.71. The van der Waals surface area contributed by atoms with E-state index in [0.29, 0.717) is 26.4 Å². The van der Waals surface area contributed by atoms with E-state index in [-0.39, 0.29) is 0 Å². The van der Waals surface area contributed by atoms with Gasteiger partial charge in [0.25, 0.3) is 0 Å². The zero-order valence-electron chi connectivity index (χ0n) is 8.69. The fraction of sp³-hybridized carbons (Fsp3) is 0.667. The second-order valence-corrected chi connectivity index (χ2v) is 2.14. The van der Waals surface area contributed by atoms with E-state index in [1.54, 1.807) is 14.2 Å². The minimum absolute atomic E-state index is 0.653. The molecular weight excluding hydrogens is 188 g/mol. The second-order valence-electron chi connectivity index (χ2n) is 2.14. The van der Waals surface area contributed by atoms with Crippen LogP contribution in [-0.4, -0.2) is 51.7 Å². The van der Waals surface area contributed by atoms with Crippen LogP contribution in [0.15, 0.2) is 12.7 Å².